The highest BCUT2D eigenvalue weighted by Crippen LogP contribution is 2.37. The SMILES string of the molecule is O=C(NC1CCSc2c(F)cccc21)c1cccc(NS(=O)(=O)c2cccs2)c1. The lowest BCUT2D eigenvalue weighted by Crippen LogP contribution is -2.31. The highest BCUT2D eigenvalue weighted by molar-refractivity contribution is 7.99. The van der Waals surface area contributed by atoms with Gasteiger partial charge in [-0.2, -0.15) is 0 Å². The topological polar surface area (TPSA) is 75.3 Å². The maximum absolute atomic E-state index is 14.0. The van der Waals surface area contributed by atoms with Gasteiger partial charge < -0.3 is 5.32 Å². The van der Waals surface area contributed by atoms with Gasteiger partial charge in [0.2, 0.25) is 0 Å². The van der Waals surface area contributed by atoms with Crippen LogP contribution in [0.15, 0.2) is 69.1 Å². The molecule has 2 N–H and O–H groups in total. The van der Waals surface area contributed by atoms with Crippen molar-refractivity contribution in [2.24, 2.45) is 0 Å². The quantitative estimate of drug-likeness (QED) is 0.596. The highest BCUT2D eigenvalue weighted by Gasteiger charge is 2.25. The number of thiophene rings is 1. The van der Waals surface area contributed by atoms with Crippen LogP contribution < -0.4 is 10.0 Å². The summed E-state index contributed by atoms with van der Waals surface area (Å²) in [6, 6.07) is 14.1. The minimum atomic E-state index is -3.69. The molecule has 0 saturated heterocycles. The maximum Gasteiger partial charge on any atom is 0.271 e. The first kappa shape index (κ1) is 19.9. The van der Waals surface area contributed by atoms with Crippen molar-refractivity contribution in [2.75, 3.05) is 10.5 Å². The zero-order chi connectivity index (χ0) is 20.4. The van der Waals surface area contributed by atoms with Crippen molar-refractivity contribution in [3.8, 4) is 0 Å². The van der Waals surface area contributed by atoms with E-state index in [-0.39, 0.29) is 22.0 Å². The Kier molecular flexibility index (Phi) is 5.62. The number of carbonyl (C=O) groups excluding carboxylic acids is 1. The molecule has 1 amide bonds. The Morgan fingerprint density at radius 3 is 2.72 bits per heavy atom. The maximum atomic E-state index is 14.0. The van der Waals surface area contributed by atoms with Crippen LogP contribution in [0.5, 0.6) is 0 Å². The number of benzene rings is 2. The summed E-state index contributed by atoms with van der Waals surface area (Å²) in [5.74, 6) is 0.0882. The van der Waals surface area contributed by atoms with E-state index in [2.05, 4.69) is 10.0 Å². The number of carbonyl (C=O) groups is 1. The molecular weight excluding hydrogens is 431 g/mol. The Bertz CT molecular complexity index is 1150. The molecule has 1 aliphatic rings. The van der Waals surface area contributed by atoms with E-state index in [0.717, 1.165) is 16.9 Å². The van der Waals surface area contributed by atoms with Crippen LogP contribution in [-0.2, 0) is 10.0 Å². The molecule has 4 rings (SSSR count). The number of hydrogen-bond acceptors (Lipinski definition) is 5. The van der Waals surface area contributed by atoms with Crippen LogP contribution in [0.4, 0.5) is 10.1 Å². The number of nitrogens with one attached hydrogen (secondary N) is 2. The lowest BCUT2D eigenvalue weighted by atomic mass is 10.0. The van der Waals surface area contributed by atoms with Crippen molar-refractivity contribution in [1.29, 1.82) is 0 Å². The lowest BCUT2D eigenvalue weighted by molar-refractivity contribution is 0.0934. The molecule has 9 heteroatoms. The van der Waals surface area contributed by atoms with Gasteiger partial charge in [-0.15, -0.1) is 23.1 Å². The molecule has 1 atom stereocenters. The van der Waals surface area contributed by atoms with Gasteiger partial charge in [-0.1, -0.05) is 24.3 Å². The third-order valence-electron chi connectivity index (χ3n) is 4.47. The monoisotopic (exact) mass is 448 g/mol. The molecule has 1 aliphatic heterocycles. The fraction of sp³-hybridized carbons (Fsp3) is 0.150. The number of halogens is 1. The predicted molar refractivity (Wildman–Crippen MR) is 114 cm³/mol. The molecule has 0 bridgehead atoms. The lowest BCUT2D eigenvalue weighted by Gasteiger charge is -2.26. The summed E-state index contributed by atoms with van der Waals surface area (Å²) in [6.45, 7) is 0. The van der Waals surface area contributed by atoms with Crippen molar-refractivity contribution in [2.45, 2.75) is 21.6 Å². The third-order valence-corrected chi connectivity index (χ3v) is 8.41. The zero-order valence-corrected chi connectivity index (χ0v) is 17.5. The van der Waals surface area contributed by atoms with Gasteiger partial charge >= 0.3 is 0 Å². The number of fused-ring (bicyclic) bond motifs is 1. The first-order chi connectivity index (χ1) is 13.9. The molecule has 3 aromatic rings. The van der Waals surface area contributed by atoms with Gasteiger partial charge in [0.15, 0.2) is 0 Å². The average Bonchev–Trinajstić information content (AvgIpc) is 3.25. The summed E-state index contributed by atoms with van der Waals surface area (Å²) in [5.41, 5.74) is 1.40. The Morgan fingerprint density at radius 2 is 1.93 bits per heavy atom. The van der Waals surface area contributed by atoms with Crippen LogP contribution in [-0.4, -0.2) is 20.1 Å². The zero-order valence-electron chi connectivity index (χ0n) is 15.1. The number of thioether (sulfide) groups is 1. The second-order valence-electron chi connectivity index (χ2n) is 6.44. The van der Waals surface area contributed by atoms with E-state index in [1.54, 1.807) is 35.7 Å². The van der Waals surface area contributed by atoms with E-state index in [9.17, 15) is 17.6 Å². The molecule has 0 radical (unpaired) electrons. The number of sulfonamides is 1. The second-order valence-corrected chi connectivity index (χ2v) is 10.4. The molecule has 0 saturated carbocycles. The molecule has 0 fully saturated rings. The third kappa shape index (κ3) is 4.31. The first-order valence-corrected chi connectivity index (χ1v) is 12.2. The smallest absolute Gasteiger partial charge is 0.271 e. The van der Waals surface area contributed by atoms with E-state index in [4.69, 9.17) is 0 Å². The van der Waals surface area contributed by atoms with Crippen molar-refractivity contribution in [1.82, 2.24) is 5.32 Å². The van der Waals surface area contributed by atoms with Crippen molar-refractivity contribution in [3.05, 3.63) is 76.9 Å². The number of anilines is 1. The number of amides is 1. The van der Waals surface area contributed by atoms with Crippen LogP contribution in [0.25, 0.3) is 0 Å². The Balaban J connectivity index is 1.52. The van der Waals surface area contributed by atoms with Crippen molar-refractivity contribution in [3.63, 3.8) is 0 Å². The number of rotatable bonds is 5. The molecular formula is C20H17FN2O3S3. The molecule has 29 heavy (non-hydrogen) atoms. The minimum absolute atomic E-state index is 0.200. The van der Waals surface area contributed by atoms with Gasteiger partial charge in [0.25, 0.3) is 15.9 Å². The summed E-state index contributed by atoms with van der Waals surface area (Å²) in [7, 11) is -3.69. The van der Waals surface area contributed by atoms with Gasteiger partial charge in [0.05, 0.1) is 6.04 Å². The van der Waals surface area contributed by atoms with Gasteiger partial charge in [-0.25, -0.2) is 12.8 Å². The van der Waals surface area contributed by atoms with E-state index in [1.165, 1.54) is 30.0 Å². The molecule has 1 unspecified atom stereocenters. The normalized spacial score (nSPS) is 16.1. The fourth-order valence-corrected chi connectivity index (χ4v) is 6.31. The van der Waals surface area contributed by atoms with Crippen molar-refractivity contribution >= 4 is 44.7 Å². The molecule has 0 aliphatic carbocycles. The summed E-state index contributed by atoms with van der Waals surface area (Å²) in [5, 5.41) is 4.62. The predicted octanol–water partition coefficient (Wildman–Crippen LogP) is 4.65. The molecule has 150 valence electrons. The Hall–Kier alpha value is -2.36. The van der Waals surface area contributed by atoms with Gasteiger partial charge in [-0.05, 0) is 47.7 Å². The highest BCUT2D eigenvalue weighted by atomic mass is 32.2. The van der Waals surface area contributed by atoms with Gasteiger partial charge in [0.1, 0.15) is 10.0 Å². The minimum Gasteiger partial charge on any atom is -0.345 e. The van der Waals surface area contributed by atoms with Crippen LogP contribution in [0.1, 0.15) is 28.4 Å². The standard InChI is InChI=1S/C20H17FN2O3S3/c21-16-7-2-6-15-17(9-11-28-19(15)16)22-20(24)13-4-1-5-14(12-13)23-29(25,26)18-8-3-10-27-18/h1-8,10,12,17,23H,9,11H2,(H,22,24). The summed E-state index contributed by atoms with van der Waals surface area (Å²) >= 11 is 2.56. The van der Waals surface area contributed by atoms with Gasteiger partial charge in [-0.3, -0.25) is 9.52 Å². The molecule has 1 aromatic heterocycles. The summed E-state index contributed by atoms with van der Waals surface area (Å²) in [4.78, 5) is 13.3. The van der Waals surface area contributed by atoms with E-state index in [0.29, 0.717) is 28.3 Å². The van der Waals surface area contributed by atoms with E-state index >= 15 is 0 Å². The molecule has 2 aromatic carbocycles. The molecule has 5 nitrogen and oxygen atoms in total. The summed E-state index contributed by atoms with van der Waals surface area (Å²) in [6.07, 6.45) is 0.692. The van der Waals surface area contributed by atoms with E-state index in [1.807, 2.05) is 6.07 Å². The average molecular weight is 449 g/mol. The van der Waals surface area contributed by atoms with E-state index < -0.39 is 10.0 Å². The van der Waals surface area contributed by atoms with Gasteiger partial charge in [0, 0.05) is 21.9 Å². The van der Waals surface area contributed by atoms with Crippen LogP contribution >= 0.6 is 23.1 Å². The Morgan fingerprint density at radius 1 is 1.10 bits per heavy atom. The molecule has 2 heterocycles. The largest absolute Gasteiger partial charge is 0.345 e. The number of hydrogen-bond donors (Lipinski definition) is 2. The summed E-state index contributed by atoms with van der Waals surface area (Å²) < 4.78 is 41.5. The second kappa shape index (κ2) is 8.17. The molecule has 0 spiro atoms. The first-order valence-electron chi connectivity index (χ1n) is 8.82. The van der Waals surface area contributed by atoms with Crippen LogP contribution in [0.3, 0.4) is 0 Å². The van der Waals surface area contributed by atoms with Crippen LogP contribution in [0, 0.1) is 5.82 Å². The van der Waals surface area contributed by atoms with Crippen LogP contribution in [0.2, 0.25) is 0 Å². The van der Waals surface area contributed by atoms with Crippen molar-refractivity contribution < 1.29 is 17.6 Å². The Labute approximate surface area is 176 Å². The fourth-order valence-electron chi connectivity index (χ4n) is 3.12.